The van der Waals surface area contributed by atoms with Gasteiger partial charge in [0, 0.05) is 6.07 Å². The molecule has 2 aromatic carbocycles. The molecule has 98 valence electrons. The predicted octanol–water partition coefficient (Wildman–Crippen LogP) is 4.04. The molecule has 0 atom stereocenters. The van der Waals surface area contributed by atoms with E-state index in [1.165, 1.54) is 15.2 Å². The molecule has 0 spiro atoms. The topological polar surface area (TPSA) is 13.1 Å². The van der Waals surface area contributed by atoms with Gasteiger partial charge in [0.05, 0.1) is 12.7 Å². The van der Waals surface area contributed by atoms with Crippen LogP contribution in [0.5, 0.6) is 5.75 Å². The van der Waals surface area contributed by atoms with E-state index in [9.17, 15) is 0 Å². The van der Waals surface area contributed by atoms with Gasteiger partial charge in [-0.15, -0.1) is 0 Å². The Hall–Kier alpha value is -1.87. The predicted molar refractivity (Wildman–Crippen MR) is 81.7 cm³/mol. The van der Waals surface area contributed by atoms with Gasteiger partial charge in [0.1, 0.15) is 17.5 Å². The summed E-state index contributed by atoms with van der Waals surface area (Å²) in [5.74, 6) is 0.916. The van der Waals surface area contributed by atoms with E-state index in [0.717, 1.165) is 11.3 Å². The molecule has 0 bridgehead atoms. The van der Waals surface area contributed by atoms with Crippen molar-refractivity contribution in [1.82, 2.24) is 0 Å². The molecule has 1 heterocycles. The van der Waals surface area contributed by atoms with Crippen LogP contribution >= 0.6 is 11.3 Å². The first-order chi connectivity index (χ1) is 8.81. The second kappa shape index (κ2) is 5.41. The summed E-state index contributed by atoms with van der Waals surface area (Å²) in [6, 6.07) is 16.6. The fourth-order valence-electron chi connectivity index (χ4n) is 2.16. The van der Waals surface area contributed by atoms with Crippen molar-refractivity contribution in [3.63, 3.8) is 0 Å². The van der Waals surface area contributed by atoms with Gasteiger partial charge in [0.25, 0.3) is 5.01 Å². The lowest BCUT2D eigenvalue weighted by atomic mass is 10.2. The van der Waals surface area contributed by atoms with E-state index < -0.39 is 0 Å². The quantitative estimate of drug-likeness (QED) is 0.642. The minimum absolute atomic E-state index is 0. The monoisotopic (exact) mass is 272 g/mol. The van der Waals surface area contributed by atoms with Gasteiger partial charge in [-0.05, 0) is 18.2 Å². The second-order valence-electron chi connectivity index (χ2n) is 4.13. The average molecular weight is 272 g/mol. The van der Waals surface area contributed by atoms with Gasteiger partial charge < -0.3 is 4.74 Å². The van der Waals surface area contributed by atoms with Crippen molar-refractivity contribution >= 4 is 21.6 Å². The third kappa shape index (κ3) is 2.22. The first kappa shape index (κ1) is 13.6. The van der Waals surface area contributed by atoms with Gasteiger partial charge in [-0.2, -0.15) is 4.57 Å². The molecule has 0 unspecified atom stereocenters. The van der Waals surface area contributed by atoms with Crippen molar-refractivity contribution in [2.24, 2.45) is 7.05 Å². The number of aryl methyl sites for hydroxylation is 1. The SMILES string of the molecule is C.COc1ccccc1-c1sc2ccccc2[n+]1C. The van der Waals surface area contributed by atoms with E-state index in [-0.39, 0.29) is 7.43 Å². The van der Waals surface area contributed by atoms with E-state index in [1.54, 1.807) is 18.4 Å². The Morgan fingerprint density at radius 1 is 1.00 bits per heavy atom. The molecule has 3 aromatic rings. The van der Waals surface area contributed by atoms with Crippen molar-refractivity contribution in [1.29, 1.82) is 0 Å². The Kier molecular flexibility index (Phi) is 3.86. The zero-order valence-corrected chi connectivity index (χ0v) is 11.2. The highest BCUT2D eigenvalue weighted by atomic mass is 32.1. The summed E-state index contributed by atoms with van der Waals surface area (Å²) in [6.45, 7) is 0. The van der Waals surface area contributed by atoms with Gasteiger partial charge in [-0.1, -0.05) is 43.0 Å². The Morgan fingerprint density at radius 2 is 1.68 bits per heavy atom. The van der Waals surface area contributed by atoms with Gasteiger partial charge in [-0.3, -0.25) is 0 Å². The summed E-state index contributed by atoms with van der Waals surface area (Å²) in [7, 11) is 3.81. The second-order valence-corrected chi connectivity index (χ2v) is 5.16. The zero-order valence-electron chi connectivity index (χ0n) is 10.4. The van der Waals surface area contributed by atoms with Crippen molar-refractivity contribution in [2.45, 2.75) is 7.43 Å². The molecule has 0 aliphatic carbocycles. The Labute approximate surface area is 117 Å². The van der Waals surface area contributed by atoms with Gasteiger partial charge >= 0.3 is 0 Å². The van der Waals surface area contributed by atoms with Gasteiger partial charge in [0.2, 0.25) is 5.52 Å². The fourth-order valence-corrected chi connectivity index (χ4v) is 3.34. The van der Waals surface area contributed by atoms with Crippen LogP contribution in [0.1, 0.15) is 7.43 Å². The van der Waals surface area contributed by atoms with E-state index in [2.05, 4.69) is 41.9 Å². The summed E-state index contributed by atoms with van der Waals surface area (Å²) >= 11 is 1.79. The first-order valence-electron chi connectivity index (χ1n) is 5.82. The maximum atomic E-state index is 5.44. The van der Waals surface area contributed by atoms with E-state index in [1.807, 2.05) is 18.2 Å². The Balaban J connectivity index is 0.00000133. The molecule has 3 rings (SSSR count). The molecule has 0 aliphatic rings. The van der Waals surface area contributed by atoms with Crippen LogP contribution in [0.4, 0.5) is 0 Å². The molecule has 3 heteroatoms. The van der Waals surface area contributed by atoms with Crippen LogP contribution in [-0.4, -0.2) is 7.11 Å². The van der Waals surface area contributed by atoms with Crippen molar-refractivity contribution < 1.29 is 9.30 Å². The van der Waals surface area contributed by atoms with Gasteiger partial charge in [0.15, 0.2) is 0 Å². The van der Waals surface area contributed by atoms with E-state index in [4.69, 9.17) is 4.74 Å². The number of methoxy groups -OCH3 is 1. The lowest BCUT2D eigenvalue weighted by Gasteiger charge is -2.03. The van der Waals surface area contributed by atoms with Crippen LogP contribution in [0.3, 0.4) is 0 Å². The first-order valence-corrected chi connectivity index (χ1v) is 6.64. The van der Waals surface area contributed by atoms with Crippen LogP contribution in [0.2, 0.25) is 0 Å². The summed E-state index contributed by atoms with van der Waals surface area (Å²) < 4.78 is 8.96. The molecule has 0 N–H and O–H groups in total. The molecular formula is C16H18NOS+. The van der Waals surface area contributed by atoms with Crippen molar-refractivity contribution in [2.75, 3.05) is 7.11 Å². The number of fused-ring (bicyclic) bond motifs is 1. The number of para-hydroxylation sites is 2. The standard InChI is InChI=1S/C15H14NOS.CH4/c1-16-12-8-4-6-10-14(12)18-15(16)11-7-3-5-9-13(11)17-2;/h3-10H,1-2H3;1H4/q+1;. The number of thiazole rings is 1. The van der Waals surface area contributed by atoms with Crippen LogP contribution in [0, 0.1) is 0 Å². The number of benzene rings is 2. The third-order valence-electron chi connectivity index (χ3n) is 3.08. The maximum absolute atomic E-state index is 5.44. The number of hydrogen-bond donors (Lipinski definition) is 0. The highest BCUT2D eigenvalue weighted by Gasteiger charge is 2.20. The molecule has 0 aliphatic heterocycles. The summed E-state index contributed by atoms with van der Waals surface area (Å²) in [5.41, 5.74) is 2.40. The smallest absolute Gasteiger partial charge is 0.273 e. The average Bonchev–Trinajstić information content (AvgIpc) is 2.76. The lowest BCUT2D eigenvalue weighted by Crippen LogP contribution is -2.28. The third-order valence-corrected chi connectivity index (χ3v) is 4.33. The minimum atomic E-state index is 0. The molecule has 0 radical (unpaired) electrons. The van der Waals surface area contributed by atoms with Crippen LogP contribution in [0.15, 0.2) is 48.5 Å². The number of rotatable bonds is 2. The van der Waals surface area contributed by atoms with Gasteiger partial charge in [-0.25, -0.2) is 0 Å². The van der Waals surface area contributed by atoms with Crippen LogP contribution < -0.4 is 9.30 Å². The molecule has 1 aromatic heterocycles. The van der Waals surface area contributed by atoms with Crippen LogP contribution in [0.25, 0.3) is 20.8 Å². The molecule has 0 saturated heterocycles. The highest BCUT2D eigenvalue weighted by molar-refractivity contribution is 7.21. The summed E-state index contributed by atoms with van der Waals surface area (Å²) in [6.07, 6.45) is 0. The molecule has 2 nitrogen and oxygen atoms in total. The number of ether oxygens (including phenoxy) is 1. The number of nitrogens with zero attached hydrogens (tertiary/aromatic N) is 1. The Bertz CT molecular complexity index is 703. The zero-order chi connectivity index (χ0) is 12.5. The number of hydrogen-bond acceptors (Lipinski definition) is 2. The Morgan fingerprint density at radius 3 is 2.42 bits per heavy atom. The number of aromatic nitrogens is 1. The maximum Gasteiger partial charge on any atom is 0.273 e. The van der Waals surface area contributed by atoms with Crippen molar-refractivity contribution in [3.8, 4) is 16.3 Å². The lowest BCUT2D eigenvalue weighted by molar-refractivity contribution is -0.629. The summed E-state index contributed by atoms with van der Waals surface area (Å²) in [5, 5.41) is 1.22. The molecule has 19 heavy (non-hydrogen) atoms. The normalized spacial score (nSPS) is 10.2. The minimum Gasteiger partial charge on any atom is -0.496 e. The van der Waals surface area contributed by atoms with E-state index >= 15 is 0 Å². The molecule has 0 amide bonds. The summed E-state index contributed by atoms with van der Waals surface area (Å²) in [4.78, 5) is 0. The largest absolute Gasteiger partial charge is 0.496 e. The molecular weight excluding hydrogens is 254 g/mol. The molecule has 0 fully saturated rings. The fraction of sp³-hybridized carbons (Fsp3) is 0.188. The highest BCUT2D eigenvalue weighted by Crippen LogP contribution is 2.33. The van der Waals surface area contributed by atoms with Crippen LogP contribution in [-0.2, 0) is 7.05 Å². The van der Waals surface area contributed by atoms with Crippen molar-refractivity contribution in [3.05, 3.63) is 48.5 Å². The molecule has 0 saturated carbocycles. The van der Waals surface area contributed by atoms with E-state index in [0.29, 0.717) is 0 Å².